The summed E-state index contributed by atoms with van der Waals surface area (Å²) in [5.41, 5.74) is 6.82. The Morgan fingerprint density at radius 2 is 1.95 bits per heavy atom. The van der Waals surface area contributed by atoms with Crippen LogP contribution in [0, 0.1) is 5.82 Å². The number of oxime groups is 1. The molecule has 1 aliphatic heterocycles. The van der Waals surface area contributed by atoms with Gasteiger partial charge in [-0.05, 0) is 36.6 Å². The van der Waals surface area contributed by atoms with Gasteiger partial charge in [0.1, 0.15) is 5.82 Å². The molecule has 0 amide bonds. The maximum absolute atomic E-state index is 13.6. The molecule has 114 valence electrons. The molecule has 0 radical (unpaired) electrons. The molecule has 0 spiro atoms. The molecule has 0 bridgehead atoms. The lowest BCUT2D eigenvalue weighted by molar-refractivity contribution is 0.121. The lowest BCUT2D eigenvalue weighted by atomic mass is 10.1. The number of piperazine rings is 1. The molecule has 1 aromatic rings. The van der Waals surface area contributed by atoms with E-state index in [1.165, 1.54) is 25.0 Å². The molecular weight excluding hydrogens is 271 g/mol. The molecule has 6 heteroatoms. The van der Waals surface area contributed by atoms with Crippen LogP contribution in [-0.4, -0.2) is 53.1 Å². The molecule has 1 heterocycles. The minimum absolute atomic E-state index is 0.0608. The summed E-state index contributed by atoms with van der Waals surface area (Å²) >= 11 is 0. The topological polar surface area (TPSA) is 65.1 Å². The fourth-order valence-corrected chi connectivity index (χ4v) is 2.93. The minimum Gasteiger partial charge on any atom is -0.409 e. The largest absolute Gasteiger partial charge is 0.409 e. The van der Waals surface area contributed by atoms with E-state index in [0.29, 0.717) is 12.1 Å². The van der Waals surface area contributed by atoms with Gasteiger partial charge in [-0.1, -0.05) is 5.16 Å². The van der Waals surface area contributed by atoms with Crippen LogP contribution in [0.1, 0.15) is 24.0 Å². The van der Waals surface area contributed by atoms with E-state index in [2.05, 4.69) is 15.0 Å². The lowest BCUT2D eigenvalue weighted by Crippen LogP contribution is -2.46. The third kappa shape index (κ3) is 3.51. The Kier molecular flexibility index (Phi) is 4.07. The quantitative estimate of drug-likeness (QED) is 0.379. The smallest absolute Gasteiger partial charge is 0.170 e. The summed E-state index contributed by atoms with van der Waals surface area (Å²) < 4.78 is 13.6. The first kappa shape index (κ1) is 14.3. The third-order valence-corrected chi connectivity index (χ3v) is 4.24. The summed E-state index contributed by atoms with van der Waals surface area (Å²) in [5, 5.41) is 11.6. The molecule has 1 aromatic carbocycles. The Labute approximate surface area is 123 Å². The molecule has 2 fully saturated rings. The zero-order chi connectivity index (χ0) is 14.8. The number of nitrogens with two attached hydrogens (primary N) is 1. The van der Waals surface area contributed by atoms with Gasteiger partial charge in [-0.15, -0.1) is 0 Å². The Bertz CT molecular complexity index is 536. The van der Waals surface area contributed by atoms with Crippen LogP contribution in [0.3, 0.4) is 0 Å². The van der Waals surface area contributed by atoms with Crippen LogP contribution in [0.5, 0.6) is 0 Å². The SMILES string of the molecule is N/C(=N/O)c1cc(F)cc(CN2CCN(C3CC3)CC2)c1. The van der Waals surface area contributed by atoms with Crippen LogP contribution in [-0.2, 0) is 6.54 Å². The van der Waals surface area contributed by atoms with Crippen LogP contribution in [0.15, 0.2) is 23.4 Å². The number of halogens is 1. The van der Waals surface area contributed by atoms with E-state index in [1.54, 1.807) is 6.07 Å². The zero-order valence-electron chi connectivity index (χ0n) is 12.0. The summed E-state index contributed by atoms with van der Waals surface area (Å²) in [6.07, 6.45) is 2.68. The zero-order valence-corrected chi connectivity index (χ0v) is 12.0. The summed E-state index contributed by atoms with van der Waals surface area (Å²) in [5.74, 6) is -0.417. The summed E-state index contributed by atoms with van der Waals surface area (Å²) in [6.45, 7) is 4.89. The van der Waals surface area contributed by atoms with Gasteiger partial charge in [0, 0.05) is 44.3 Å². The maximum atomic E-state index is 13.6. The Morgan fingerprint density at radius 3 is 2.57 bits per heavy atom. The standard InChI is InChI=1S/C15H21FN4O/c16-13-8-11(7-12(9-13)15(17)18-21)10-19-3-5-20(6-4-19)14-1-2-14/h7-9,14,21H,1-6,10H2,(H2,17,18). The highest BCUT2D eigenvalue weighted by atomic mass is 19.1. The van der Waals surface area contributed by atoms with Crippen molar-refractivity contribution in [2.45, 2.75) is 25.4 Å². The average molecular weight is 292 g/mol. The van der Waals surface area contributed by atoms with Gasteiger partial charge in [0.15, 0.2) is 5.84 Å². The van der Waals surface area contributed by atoms with E-state index < -0.39 is 0 Å². The number of benzene rings is 1. The van der Waals surface area contributed by atoms with Gasteiger partial charge in [0.2, 0.25) is 0 Å². The first-order chi connectivity index (χ1) is 10.2. The van der Waals surface area contributed by atoms with Crippen molar-refractivity contribution < 1.29 is 9.60 Å². The molecule has 1 saturated carbocycles. The average Bonchev–Trinajstić information content (AvgIpc) is 3.31. The number of rotatable bonds is 4. The third-order valence-electron chi connectivity index (χ3n) is 4.24. The van der Waals surface area contributed by atoms with Gasteiger partial charge in [-0.3, -0.25) is 9.80 Å². The van der Waals surface area contributed by atoms with Crippen molar-refractivity contribution >= 4 is 5.84 Å². The van der Waals surface area contributed by atoms with E-state index >= 15 is 0 Å². The van der Waals surface area contributed by atoms with Crippen molar-refractivity contribution in [2.24, 2.45) is 10.9 Å². The highest BCUT2D eigenvalue weighted by molar-refractivity contribution is 5.97. The van der Waals surface area contributed by atoms with E-state index in [0.717, 1.165) is 37.8 Å². The van der Waals surface area contributed by atoms with Crippen LogP contribution >= 0.6 is 0 Å². The van der Waals surface area contributed by atoms with Gasteiger partial charge in [0.25, 0.3) is 0 Å². The molecule has 2 aliphatic rings. The van der Waals surface area contributed by atoms with Crippen LogP contribution in [0.2, 0.25) is 0 Å². The Balaban J connectivity index is 1.63. The molecule has 0 aromatic heterocycles. The van der Waals surface area contributed by atoms with Gasteiger partial charge in [0.05, 0.1) is 0 Å². The summed E-state index contributed by atoms with van der Waals surface area (Å²) in [6, 6.07) is 5.39. The van der Waals surface area contributed by atoms with Gasteiger partial charge < -0.3 is 10.9 Å². The Morgan fingerprint density at radius 1 is 1.24 bits per heavy atom. The molecule has 3 N–H and O–H groups in total. The van der Waals surface area contributed by atoms with Gasteiger partial charge >= 0.3 is 0 Å². The minimum atomic E-state index is -0.356. The van der Waals surface area contributed by atoms with Crippen molar-refractivity contribution in [2.75, 3.05) is 26.2 Å². The monoisotopic (exact) mass is 292 g/mol. The van der Waals surface area contributed by atoms with E-state index in [1.807, 2.05) is 0 Å². The normalized spacial score (nSPS) is 21.7. The highest BCUT2D eigenvalue weighted by Gasteiger charge is 2.31. The van der Waals surface area contributed by atoms with Crippen molar-refractivity contribution in [3.63, 3.8) is 0 Å². The number of amidine groups is 1. The fourth-order valence-electron chi connectivity index (χ4n) is 2.93. The highest BCUT2D eigenvalue weighted by Crippen LogP contribution is 2.27. The van der Waals surface area contributed by atoms with Crippen molar-refractivity contribution in [1.82, 2.24) is 9.80 Å². The number of hydrogen-bond donors (Lipinski definition) is 2. The Hall–Kier alpha value is -1.66. The fraction of sp³-hybridized carbons (Fsp3) is 0.533. The maximum Gasteiger partial charge on any atom is 0.170 e. The van der Waals surface area contributed by atoms with E-state index in [9.17, 15) is 4.39 Å². The van der Waals surface area contributed by atoms with Crippen molar-refractivity contribution in [3.05, 3.63) is 35.1 Å². The van der Waals surface area contributed by atoms with Crippen LogP contribution in [0.25, 0.3) is 0 Å². The second-order valence-electron chi connectivity index (χ2n) is 5.88. The first-order valence-electron chi connectivity index (χ1n) is 7.39. The van der Waals surface area contributed by atoms with Crippen molar-refractivity contribution in [3.8, 4) is 0 Å². The van der Waals surface area contributed by atoms with Crippen LogP contribution in [0.4, 0.5) is 4.39 Å². The molecule has 21 heavy (non-hydrogen) atoms. The predicted molar refractivity (Wildman–Crippen MR) is 78.8 cm³/mol. The van der Waals surface area contributed by atoms with E-state index in [4.69, 9.17) is 10.9 Å². The number of nitrogens with zero attached hydrogens (tertiary/aromatic N) is 3. The van der Waals surface area contributed by atoms with Gasteiger partial charge in [-0.2, -0.15) is 0 Å². The predicted octanol–water partition coefficient (Wildman–Crippen LogP) is 1.20. The van der Waals surface area contributed by atoms with Crippen LogP contribution < -0.4 is 5.73 Å². The summed E-state index contributed by atoms with van der Waals surface area (Å²) in [7, 11) is 0. The lowest BCUT2D eigenvalue weighted by Gasteiger charge is -2.34. The van der Waals surface area contributed by atoms with Gasteiger partial charge in [-0.25, -0.2) is 4.39 Å². The second-order valence-corrected chi connectivity index (χ2v) is 5.88. The molecule has 0 unspecified atom stereocenters. The molecule has 5 nitrogen and oxygen atoms in total. The second kappa shape index (κ2) is 5.99. The molecule has 1 saturated heterocycles. The van der Waals surface area contributed by atoms with E-state index in [-0.39, 0.29) is 11.7 Å². The molecule has 3 rings (SSSR count). The summed E-state index contributed by atoms with van der Waals surface area (Å²) in [4.78, 5) is 4.87. The molecular formula is C15H21FN4O. The molecule has 1 aliphatic carbocycles. The number of hydrogen-bond acceptors (Lipinski definition) is 4. The first-order valence-corrected chi connectivity index (χ1v) is 7.39. The molecule has 0 atom stereocenters. The van der Waals surface area contributed by atoms with Crippen molar-refractivity contribution in [1.29, 1.82) is 0 Å².